The summed E-state index contributed by atoms with van der Waals surface area (Å²) in [6.45, 7) is 0.825. The van der Waals surface area contributed by atoms with Gasteiger partial charge in [-0.05, 0) is 30.9 Å². The Morgan fingerprint density at radius 2 is 2.47 bits per heavy atom. The highest BCUT2D eigenvalue weighted by Crippen LogP contribution is 2.20. The number of aromatic nitrogens is 1. The third-order valence-electron chi connectivity index (χ3n) is 2.95. The minimum absolute atomic E-state index is 0.0623. The number of pyridine rings is 1. The number of rotatable bonds is 6. The number of carbonyl (C=O) groups is 1. The molecule has 1 heterocycles. The van der Waals surface area contributed by atoms with Gasteiger partial charge in [0.25, 0.3) is 0 Å². The first-order valence-electron chi connectivity index (χ1n) is 6.42. The Bertz CT molecular complexity index is 463. The summed E-state index contributed by atoms with van der Waals surface area (Å²) in [6, 6.07) is 3.46. The summed E-state index contributed by atoms with van der Waals surface area (Å²) < 4.78 is 5.39. The fraction of sp³-hybridized carbons (Fsp3) is 0.429. The number of ether oxygens (including phenoxy) is 1. The lowest BCUT2D eigenvalue weighted by atomic mass is 10.1. The first-order chi connectivity index (χ1) is 9.25. The summed E-state index contributed by atoms with van der Waals surface area (Å²) in [5.41, 5.74) is 0. The molecule has 1 amide bonds. The molecular weight excluding hydrogens is 264 g/mol. The van der Waals surface area contributed by atoms with Gasteiger partial charge in [0.2, 0.25) is 11.8 Å². The minimum Gasteiger partial charge on any atom is -0.475 e. The van der Waals surface area contributed by atoms with Crippen molar-refractivity contribution in [3.8, 4) is 5.88 Å². The Morgan fingerprint density at radius 3 is 3.21 bits per heavy atom. The maximum absolute atomic E-state index is 11.6. The highest BCUT2D eigenvalue weighted by molar-refractivity contribution is 6.31. The predicted molar refractivity (Wildman–Crippen MR) is 74.2 cm³/mol. The summed E-state index contributed by atoms with van der Waals surface area (Å²) >= 11 is 5.90. The van der Waals surface area contributed by atoms with Crippen LogP contribution < -0.4 is 10.1 Å². The molecule has 5 heteroatoms. The Hall–Kier alpha value is -1.55. The van der Waals surface area contributed by atoms with Crippen LogP contribution in [0.3, 0.4) is 0 Å². The average Bonchev–Trinajstić information content (AvgIpc) is 2.89. The molecule has 0 saturated heterocycles. The highest BCUT2D eigenvalue weighted by Gasteiger charge is 2.13. The van der Waals surface area contributed by atoms with Crippen molar-refractivity contribution in [2.45, 2.75) is 19.3 Å². The molecule has 4 nitrogen and oxygen atoms in total. The zero-order valence-corrected chi connectivity index (χ0v) is 11.4. The summed E-state index contributed by atoms with van der Waals surface area (Å²) in [5.74, 6) is 0.857. The standard InChI is InChI=1S/C14H17ClN2O2/c15-12-6-3-7-17-14(12)19-9-8-16-13(18)10-11-4-1-2-5-11/h1,3-4,6-7,11H,2,5,8-10H2,(H,16,18)/t11-/m1/s1. The number of nitrogens with one attached hydrogen (secondary N) is 1. The molecule has 102 valence electrons. The van der Waals surface area contributed by atoms with Gasteiger partial charge in [-0.1, -0.05) is 23.8 Å². The molecule has 0 aliphatic heterocycles. The first-order valence-corrected chi connectivity index (χ1v) is 6.80. The van der Waals surface area contributed by atoms with Gasteiger partial charge < -0.3 is 10.1 Å². The summed E-state index contributed by atoms with van der Waals surface area (Å²) in [7, 11) is 0. The Labute approximate surface area is 117 Å². The normalized spacial score (nSPS) is 17.4. The minimum atomic E-state index is 0.0623. The Morgan fingerprint density at radius 1 is 1.58 bits per heavy atom. The number of allylic oxidation sites excluding steroid dienone is 2. The maximum atomic E-state index is 11.6. The van der Waals surface area contributed by atoms with E-state index in [2.05, 4.69) is 22.5 Å². The molecule has 0 radical (unpaired) electrons. The molecule has 1 aliphatic rings. The van der Waals surface area contributed by atoms with E-state index >= 15 is 0 Å². The van der Waals surface area contributed by atoms with Crippen LogP contribution in [0.5, 0.6) is 5.88 Å². The number of hydrogen-bond donors (Lipinski definition) is 1. The van der Waals surface area contributed by atoms with Gasteiger partial charge in [0.15, 0.2) is 0 Å². The topological polar surface area (TPSA) is 51.2 Å². The largest absolute Gasteiger partial charge is 0.475 e. The van der Waals surface area contributed by atoms with E-state index in [0.29, 0.717) is 36.4 Å². The van der Waals surface area contributed by atoms with Crippen molar-refractivity contribution in [3.05, 3.63) is 35.5 Å². The molecule has 0 spiro atoms. The molecule has 1 atom stereocenters. The lowest BCUT2D eigenvalue weighted by Crippen LogP contribution is -2.29. The smallest absolute Gasteiger partial charge is 0.232 e. The molecule has 19 heavy (non-hydrogen) atoms. The van der Waals surface area contributed by atoms with E-state index in [9.17, 15) is 4.79 Å². The van der Waals surface area contributed by atoms with Crippen LogP contribution in [-0.2, 0) is 4.79 Å². The zero-order chi connectivity index (χ0) is 13.5. The van der Waals surface area contributed by atoms with Gasteiger partial charge in [0.1, 0.15) is 11.6 Å². The molecule has 1 aliphatic carbocycles. The molecule has 0 saturated carbocycles. The van der Waals surface area contributed by atoms with Crippen LogP contribution in [0.15, 0.2) is 30.5 Å². The number of nitrogens with zero attached hydrogens (tertiary/aromatic N) is 1. The Kier molecular flexibility index (Phi) is 5.21. The second-order valence-corrected chi connectivity index (χ2v) is 4.87. The van der Waals surface area contributed by atoms with Crippen LogP contribution in [-0.4, -0.2) is 24.0 Å². The molecule has 1 aromatic heterocycles. The molecule has 2 rings (SSSR count). The quantitative estimate of drug-likeness (QED) is 0.644. The number of amides is 1. The van der Waals surface area contributed by atoms with Gasteiger partial charge in [-0.3, -0.25) is 4.79 Å². The second kappa shape index (κ2) is 7.14. The third-order valence-corrected chi connectivity index (χ3v) is 3.24. The van der Waals surface area contributed by atoms with Crippen molar-refractivity contribution in [1.29, 1.82) is 0 Å². The van der Waals surface area contributed by atoms with Gasteiger partial charge in [-0.25, -0.2) is 4.98 Å². The number of carbonyl (C=O) groups excluding carboxylic acids is 1. The van der Waals surface area contributed by atoms with Crippen molar-refractivity contribution in [2.24, 2.45) is 5.92 Å². The van der Waals surface area contributed by atoms with Crippen LogP contribution in [0.4, 0.5) is 0 Å². The second-order valence-electron chi connectivity index (χ2n) is 4.46. The summed E-state index contributed by atoms with van der Waals surface area (Å²) in [6.07, 6.45) is 8.58. The Balaban J connectivity index is 1.62. The molecular formula is C14H17ClN2O2. The summed E-state index contributed by atoms with van der Waals surface area (Å²) in [4.78, 5) is 15.6. The SMILES string of the molecule is O=C(C[C@@H]1C=CCC1)NCCOc1ncccc1Cl. The lowest BCUT2D eigenvalue weighted by molar-refractivity contribution is -0.121. The van der Waals surface area contributed by atoms with E-state index in [4.69, 9.17) is 16.3 Å². The highest BCUT2D eigenvalue weighted by atomic mass is 35.5. The van der Waals surface area contributed by atoms with Crippen molar-refractivity contribution in [2.75, 3.05) is 13.2 Å². The predicted octanol–water partition coefficient (Wildman–Crippen LogP) is 2.59. The van der Waals surface area contributed by atoms with Gasteiger partial charge in [-0.2, -0.15) is 0 Å². The van der Waals surface area contributed by atoms with Crippen LogP contribution in [0.1, 0.15) is 19.3 Å². The summed E-state index contributed by atoms with van der Waals surface area (Å²) in [5, 5.41) is 3.31. The van der Waals surface area contributed by atoms with Crippen LogP contribution in [0, 0.1) is 5.92 Å². The molecule has 1 N–H and O–H groups in total. The first kappa shape index (κ1) is 13.9. The molecule has 0 unspecified atom stereocenters. The van der Waals surface area contributed by atoms with E-state index < -0.39 is 0 Å². The molecule has 0 bridgehead atoms. The fourth-order valence-corrected chi connectivity index (χ4v) is 2.17. The van der Waals surface area contributed by atoms with Crippen molar-refractivity contribution < 1.29 is 9.53 Å². The lowest BCUT2D eigenvalue weighted by Gasteiger charge is -2.09. The van der Waals surface area contributed by atoms with Crippen LogP contribution in [0.25, 0.3) is 0 Å². The molecule has 1 aromatic rings. The number of halogens is 1. The van der Waals surface area contributed by atoms with E-state index in [1.54, 1.807) is 18.3 Å². The van der Waals surface area contributed by atoms with Crippen molar-refractivity contribution >= 4 is 17.5 Å². The molecule has 0 aromatic carbocycles. The van der Waals surface area contributed by atoms with Gasteiger partial charge in [0.05, 0.1) is 6.54 Å². The van der Waals surface area contributed by atoms with E-state index in [0.717, 1.165) is 12.8 Å². The maximum Gasteiger partial charge on any atom is 0.232 e. The van der Waals surface area contributed by atoms with Crippen molar-refractivity contribution in [1.82, 2.24) is 10.3 Å². The van der Waals surface area contributed by atoms with Gasteiger partial charge in [-0.15, -0.1) is 0 Å². The third kappa shape index (κ3) is 4.56. The van der Waals surface area contributed by atoms with Crippen LogP contribution >= 0.6 is 11.6 Å². The monoisotopic (exact) mass is 280 g/mol. The molecule has 0 fully saturated rings. The van der Waals surface area contributed by atoms with Gasteiger partial charge in [0, 0.05) is 12.6 Å². The average molecular weight is 281 g/mol. The number of hydrogen-bond acceptors (Lipinski definition) is 3. The van der Waals surface area contributed by atoms with E-state index in [1.807, 2.05) is 0 Å². The fourth-order valence-electron chi connectivity index (χ4n) is 1.99. The van der Waals surface area contributed by atoms with Crippen molar-refractivity contribution in [3.63, 3.8) is 0 Å². The zero-order valence-electron chi connectivity index (χ0n) is 10.6. The van der Waals surface area contributed by atoms with E-state index in [1.165, 1.54) is 0 Å². The van der Waals surface area contributed by atoms with Gasteiger partial charge >= 0.3 is 0 Å². The van der Waals surface area contributed by atoms with Crippen LogP contribution in [0.2, 0.25) is 5.02 Å². The van der Waals surface area contributed by atoms with E-state index in [-0.39, 0.29) is 5.91 Å².